The van der Waals surface area contributed by atoms with Crippen molar-refractivity contribution in [3.8, 4) is 5.75 Å². The summed E-state index contributed by atoms with van der Waals surface area (Å²) >= 11 is 9.40. The van der Waals surface area contributed by atoms with Crippen molar-refractivity contribution in [3.63, 3.8) is 0 Å². The van der Waals surface area contributed by atoms with Gasteiger partial charge in [-0.05, 0) is 65.6 Å². The first-order chi connectivity index (χ1) is 12.6. The standard InChI is InChI=1S/C19H21BrClN3O2/c1-26-15-6-4-5-13(9-15)17(24-7-2-3-8-24)12-23-19(25)16-10-14(20)11-22-18(16)21/h4-6,9-11,17H,2-3,7-8,12H2,1H3,(H,23,25). The Bertz CT molecular complexity index is 781. The van der Waals surface area contributed by atoms with E-state index in [4.69, 9.17) is 16.3 Å². The summed E-state index contributed by atoms with van der Waals surface area (Å²) in [5.74, 6) is 0.591. The van der Waals surface area contributed by atoms with Gasteiger partial charge in [0.25, 0.3) is 5.91 Å². The van der Waals surface area contributed by atoms with Crippen LogP contribution in [0.4, 0.5) is 0 Å². The fourth-order valence-corrected chi connectivity index (χ4v) is 3.75. The minimum absolute atomic E-state index is 0.0930. The van der Waals surface area contributed by atoms with Crippen molar-refractivity contribution >= 4 is 33.4 Å². The average Bonchev–Trinajstić information content (AvgIpc) is 3.18. The quantitative estimate of drug-likeness (QED) is 0.691. The summed E-state index contributed by atoms with van der Waals surface area (Å²) in [4.78, 5) is 19.0. The molecule has 0 bridgehead atoms. The second kappa shape index (κ2) is 8.84. The number of hydrogen-bond acceptors (Lipinski definition) is 4. The van der Waals surface area contributed by atoms with Gasteiger partial charge < -0.3 is 10.1 Å². The predicted molar refractivity (Wildman–Crippen MR) is 106 cm³/mol. The van der Waals surface area contributed by atoms with Gasteiger partial charge >= 0.3 is 0 Å². The van der Waals surface area contributed by atoms with E-state index in [1.807, 2.05) is 18.2 Å². The van der Waals surface area contributed by atoms with E-state index in [1.54, 1.807) is 19.4 Å². The zero-order chi connectivity index (χ0) is 18.5. The molecule has 0 spiro atoms. The van der Waals surface area contributed by atoms with E-state index in [2.05, 4.69) is 37.2 Å². The molecule has 2 heterocycles. The number of carbonyl (C=O) groups is 1. The highest BCUT2D eigenvalue weighted by Crippen LogP contribution is 2.27. The maximum atomic E-state index is 12.6. The van der Waals surface area contributed by atoms with Crippen LogP contribution in [0, 0.1) is 0 Å². The molecule has 26 heavy (non-hydrogen) atoms. The second-order valence-corrected chi connectivity index (χ2v) is 7.51. The molecule has 1 atom stereocenters. The van der Waals surface area contributed by atoms with Crippen LogP contribution in [-0.2, 0) is 0 Å². The lowest BCUT2D eigenvalue weighted by Crippen LogP contribution is -2.37. The number of ether oxygens (including phenoxy) is 1. The number of carbonyl (C=O) groups excluding carboxylic acids is 1. The first kappa shape index (κ1) is 19.1. The molecule has 138 valence electrons. The summed E-state index contributed by atoms with van der Waals surface area (Å²) in [6.07, 6.45) is 3.92. The lowest BCUT2D eigenvalue weighted by molar-refractivity contribution is 0.0937. The summed E-state index contributed by atoms with van der Waals surface area (Å²) in [5.41, 5.74) is 1.50. The fourth-order valence-electron chi connectivity index (χ4n) is 3.23. The molecule has 7 heteroatoms. The molecule has 5 nitrogen and oxygen atoms in total. The molecule has 1 aromatic heterocycles. The molecule has 0 aliphatic carbocycles. The second-order valence-electron chi connectivity index (χ2n) is 6.24. The lowest BCUT2D eigenvalue weighted by atomic mass is 10.0. The van der Waals surface area contributed by atoms with E-state index in [0.29, 0.717) is 12.1 Å². The number of benzene rings is 1. The average molecular weight is 439 g/mol. The maximum Gasteiger partial charge on any atom is 0.254 e. The van der Waals surface area contributed by atoms with Crippen LogP contribution in [0.1, 0.15) is 34.8 Å². The molecule has 2 aromatic rings. The zero-order valence-corrected chi connectivity index (χ0v) is 16.9. The van der Waals surface area contributed by atoms with Gasteiger partial charge in [-0.2, -0.15) is 0 Å². The first-order valence-electron chi connectivity index (χ1n) is 8.55. The Hall–Kier alpha value is -1.63. The van der Waals surface area contributed by atoms with Crippen LogP contribution in [-0.4, -0.2) is 42.5 Å². The van der Waals surface area contributed by atoms with Crippen molar-refractivity contribution in [1.82, 2.24) is 15.2 Å². The molecular formula is C19H21BrClN3O2. The van der Waals surface area contributed by atoms with Gasteiger partial charge in [0.1, 0.15) is 10.9 Å². The molecule has 1 unspecified atom stereocenters. The number of halogens is 2. The molecule has 1 fully saturated rings. The molecule has 0 saturated carbocycles. The van der Waals surface area contributed by atoms with Crippen LogP contribution in [0.15, 0.2) is 41.0 Å². The smallest absolute Gasteiger partial charge is 0.254 e. The number of likely N-dealkylation sites (tertiary alicyclic amines) is 1. The first-order valence-corrected chi connectivity index (χ1v) is 9.73. The number of amides is 1. The number of aromatic nitrogens is 1. The molecule has 1 amide bonds. The number of methoxy groups -OCH3 is 1. The number of nitrogens with zero attached hydrogens (tertiary/aromatic N) is 2. The van der Waals surface area contributed by atoms with Gasteiger partial charge in [0.05, 0.1) is 18.7 Å². The highest BCUT2D eigenvalue weighted by Gasteiger charge is 2.25. The highest BCUT2D eigenvalue weighted by atomic mass is 79.9. The minimum Gasteiger partial charge on any atom is -0.497 e. The van der Waals surface area contributed by atoms with Crippen molar-refractivity contribution in [2.45, 2.75) is 18.9 Å². The number of pyridine rings is 1. The maximum absolute atomic E-state index is 12.6. The van der Waals surface area contributed by atoms with Crippen LogP contribution in [0.5, 0.6) is 5.75 Å². The van der Waals surface area contributed by atoms with E-state index in [0.717, 1.165) is 28.9 Å². The van der Waals surface area contributed by atoms with Gasteiger partial charge in [-0.25, -0.2) is 4.98 Å². The van der Waals surface area contributed by atoms with E-state index in [9.17, 15) is 4.79 Å². The van der Waals surface area contributed by atoms with E-state index < -0.39 is 0 Å². The summed E-state index contributed by atoms with van der Waals surface area (Å²) in [7, 11) is 1.66. The Morgan fingerprint density at radius 1 is 1.38 bits per heavy atom. The Labute approximate surface area is 166 Å². The van der Waals surface area contributed by atoms with Crippen molar-refractivity contribution in [2.24, 2.45) is 0 Å². The normalized spacial score (nSPS) is 15.7. The Kier molecular flexibility index (Phi) is 6.51. The van der Waals surface area contributed by atoms with Crippen LogP contribution in [0.2, 0.25) is 5.15 Å². The molecule has 0 radical (unpaired) electrons. The van der Waals surface area contributed by atoms with Gasteiger partial charge in [0.15, 0.2) is 0 Å². The number of nitrogens with one attached hydrogen (secondary N) is 1. The molecule has 1 saturated heterocycles. The van der Waals surface area contributed by atoms with E-state index >= 15 is 0 Å². The molecule has 1 aliphatic heterocycles. The largest absolute Gasteiger partial charge is 0.497 e. The topological polar surface area (TPSA) is 54.5 Å². The SMILES string of the molecule is COc1cccc(C(CNC(=O)c2cc(Br)cnc2Cl)N2CCCC2)c1. The fraction of sp³-hybridized carbons (Fsp3) is 0.368. The Morgan fingerprint density at radius 3 is 2.88 bits per heavy atom. The van der Waals surface area contributed by atoms with Gasteiger partial charge in [-0.15, -0.1) is 0 Å². The minimum atomic E-state index is -0.226. The number of rotatable bonds is 6. The van der Waals surface area contributed by atoms with Gasteiger partial charge in [-0.3, -0.25) is 9.69 Å². The Morgan fingerprint density at radius 2 is 2.15 bits per heavy atom. The zero-order valence-electron chi connectivity index (χ0n) is 14.5. The molecule has 1 aromatic carbocycles. The van der Waals surface area contributed by atoms with Crippen molar-refractivity contribution in [3.05, 3.63) is 57.3 Å². The third-order valence-corrected chi connectivity index (χ3v) is 5.30. The summed E-state index contributed by atoms with van der Waals surface area (Å²) < 4.78 is 6.07. The number of hydrogen-bond donors (Lipinski definition) is 1. The van der Waals surface area contributed by atoms with Gasteiger partial charge in [0.2, 0.25) is 0 Å². The predicted octanol–water partition coefficient (Wildman–Crippen LogP) is 4.07. The van der Waals surface area contributed by atoms with Crippen LogP contribution in [0.25, 0.3) is 0 Å². The molecule has 3 rings (SSSR count). The van der Waals surface area contributed by atoms with E-state index in [1.165, 1.54) is 12.8 Å². The summed E-state index contributed by atoms with van der Waals surface area (Å²) in [6.45, 7) is 2.54. The highest BCUT2D eigenvalue weighted by molar-refractivity contribution is 9.10. The Balaban J connectivity index is 1.77. The van der Waals surface area contributed by atoms with Crippen molar-refractivity contribution in [2.75, 3.05) is 26.7 Å². The molecular weight excluding hydrogens is 418 g/mol. The van der Waals surface area contributed by atoms with Crippen LogP contribution in [0.3, 0.4) is 0 Å². The van der Waals surface area contributed by atoms with Crippen molar-refractivity contribution in [1.29, 1.82) is 0 Å². The summed E-state index contributed by atoms with van der Waals surface area (Å²) in [6, 6.07) is 9.79. The summed E-state index contributed by atoms with van der Waals surface area (Å²) in [5, 5.41) is 3.21. The van der Waals surface area contributed by atoms with Crippen molar-refractivity contribution < 1.29 is 9.53 Å². The van der Waals surface area contributed by atoms with Crippen LogP contribution >= 0.6 is 27.5 Å². The van der Waals surface area contributed by atoms with Crippen LogP contribution < -0.4 is 10.1 Å². The third-order valence-electron chi connectivity index (χ3n) is 4.57. The van der Waals surface area contributed by atoms with Gasteiger partial charge in [0, 0.05) is 17.2 Å². The van der Waals surface area contributed by atoms with Gasteiger partial charge in [-0.1, -0.05) is 23.7 Å². The molecule has 1 aliphatic rings. The van der Waals surface area contributed by atoms with E-state index in [-0.39, 0.29) is 17.1 Å². The third kappa shape index (κ3) is 4.55. The monoisotopic (exact) mass is 437 g/mol. The lowest BCUT2D eigenvalue weighted by Gasteiger charge is -2.28. The molecule has 1 N–H and O–H groups in total.